The fourth-order valence-corrected chi connectivity index (χ4v) is 1.81. The fourth-order valence-electron chi connectivity index (χ4n) is 1.81. The summed E-state index contributed by atoms with van der Waals surface area (Å²) in [5.41, 5.74) is 1.40. The maximum absolute atomic E-state index is 12.7. The summed E-state index contributed by atoms with van der Waals surface area (Å²) in [5, 5.41) is 3.59. The van der Waals surface area contributed by atoms with Crippen molar-refractivity contribution in [2.75, 3.05) is 0 Å². The van der Waals surface area contributed by atoms with Crippen LogP contribution in [0.2, 0.25) is 0 Å². The molecule has 1 N–H and O–H groups in total. The molecule has 0 saturated heterocycles. The zero-order valence-electron chi connectivity index (χ0n) is 11.9. The van der Waals surface area contributed by atoms with Gasteiger partial charge in [0.2, 0.25) is 5.91 Å². The molecular weight excluding hydrogens is 281 g/mol. The summed E-state index contributed by atoms with van der Waals surface area (Å²) in [4.78, 5) is 11.4. The van der Waals surface area contributed by atoms with Crippen LogP contribution < -0.4 is 5.43 Å². The Morgan fingerprint density at radius 1 is 1.24 bits per heavy atom. The number of hydrogen-bond acceptors (Lipinski definition) is 2. The Bertz CT molecular complexity index is 484. The lowest BCUT2D eigenvalue weighted by Gasteiger charge is -2.09. The second-order valence-corrected chi connectivity index (χ2v) is 4.69. The van der Waals surface area contributed by atoms with Crippen LogP contribution in [0, 0.1) is 0 Å². The highest BCUT2D eigenvalue weighted by molar-refractivity contribution is 5.84. The van der Waals surface area contributed by atoms with Crippen molar-refractivity contribution >= 4 is 12.1 Å². The summed E-state index contributed by atoms with van der Waals surface area (Å²) in [7, 11) is 0. The highest BCUT2D eigenvalue weighted by Gasteiger charge is 2.32. The largest absolute Gasteiger partial charge is 0.417 e. The fraction of sp³-hybridized carbons (Fsp3) is 0.467. The Kier molecular flexibility index (Phi) is 6.91. The van der Waals surface area contributed by atoms with Gasteiger partial charge in [0.05, 0.1) is 11.8 Å². The van der Waals surface area contributed by atoms with Gasteiger partial charge < -0.3 is 0 Å². The third kappa shape index (κ3) is 6.42. The van der Waals surface area contributed by atoms with Gasteiger partial charge in [0.25, 0.3) is 0 Å². The van der Waals surface area contributed by atoms with E-state index in [1.807, 2.05) is 0 Å². The molecule has 0 bridgehead atoms. The van der Waals surface area contributed by atoms with E-state index in [0.29, 0.717) is 6.42 Å². The second kappa shape index (κ2) is 8.44. The zero-order chi connectivity index (χ0) is 15.7. The van der Waals surface area contributed by atoms with Crippen LogP contribution in [-0.2, 0) is 11.0 Å². The van der Waals surface area contributed by atoms with Gasteiger partial charge in [-0.05, 0) is 12.5 Å². The number of amides is 1. The second-order valence-electron chi connectivity index (χ2n) is 4.69. The molecule has 1 aromatic carbocycles. The summed E-state index contributed by atoms with van der Waals surface area (Å²) in [6.07, 6.45) is 0.778. The SMILES string of the molecule is CCCCCCC(=O)N/N=C/c1ccccc1C(F)(F)F. The Morgan fingerprint density at radius 2 is 1.95 bits per heavy atom. The lowest BCUT2D eigenvalue weighted by Crippen LogP contribution is -2.17. The van der Waals surface area contributed by atoms with E-state index in [2.05, 4.69) is 17.5 Å². The number of hydrogen-bond donors (Lipinski definition) is 1. The van der Waals surface area contributed by atoms with Crippen molar-refractivity contribution in [1.82, 2.24) is 5.43 Å². The van der Waals surface area contributed by atoms with Crippen molar-refractivity contribution in [3.63, 3.8) is 0 Å². The molecule has 1 rings (SSSR count). The van der Waals surface area contributed by atoms with Crippen LogP contribution in [0.5, 0.6) is 0 Å². The Balaban J connectivity index is 2.52. The van der Waals surface area contributed by atoms with Crippen LogP contribution in [0.25, 0.3) is 0 Å². The molecule has 0 aliphatic carbocycles. The van der Waals surface area contributed by atoms with E-state index in [9.17, 15) is 18.0 Å². The van der Waals surface area contributed by atoms with Crippen LogP contribution in [0.1, 0.15) is 50.2 Å². The summed E-state index contributed by atoms with van der Waals surface area (Å²) in [6, 6.07) is 5.09. The van der Waals surface area contributed by atoms with Crippen molar-refractivity contribution in [3.8, 4) is 0 Å². The Morgan fingerprint density at radius 3 is 2.62 bits per heavy atom. The molecule has 0 aliphatic heterocycles. The van der Waals surface area contributed by atoms with Crippen molar-refractivity contribution in [2.24, 2.45) is 5.10 Å². The summed E-state index contributed by atoms with van der Waals surface area (Å²) < 4.78 is 38.2. The van der Waals surface area contributed by atoms with Crippen molar-refractivity contribution in [2.45, 2.75) is 45.2 Å². The minimum Gasteiger partial charge on any atom is -0.273 e. The van der Waals surface area contributed by atoms with Crippen LogP contribution >= 0.6 is 0 Å². The van der Waals surface area contributed by atoms with Crippen LogP contribution in [0.15, 0.2) is 29.4 Å². The van der Waals surface area contributed by atoms with E-state index in [-0.39, 0.29) is 11.5 Å². The average molecular weight is 300 g/mol. The molecule has 116 valence electrons. The maximum Gasteiger partial charge on any atom is 0.417 e. The van der Waals surface area contributed by atoms with Crippen LogP contribution in [-0.4, -0.2) is 12.1 Å². The standard InChI is InChI=1S/C15H19F3N2O/c1-2-3-4-5-10-14(21)20-19-11-12-8-6-7-9-13(12)15(16,17)18/h6-9,11H,2-5,10H2,1H3,(H,20,21)/b19-11+. The van der Waals surface area contributed by atoms with Crippen molar-refractivity contribution in [3.05, 3.63) is 35.4 Å². The van der Waals surface area contributed by atoms with E-state index in [1.54, 1.807) is 0 Å². The van der Waals surface area contributed by atoms with Gasteiger partial charge in [0, 0.05) is 12.0 Å². The zero-order valence-corrected chi connectivity index (χ0v) is 11.9. The summed E-state index contributed by atoms with van der Waals surface area (Å²) in [5.74, 6) is -0.285. The summed E-state index contributed by atoms with van der Waals surface area (Å²) >= 11 is 0. The quantitative estimate of drug-likeness (QED) is 0.459. The number of rotatable bonds is 7. The molecule has 6 heteroatoms. The van der Waals surface area contributed by atoms with Crippen molar-refractivity contribution in [1.29, 1.82) is 0 Å². The smallest absolute Gasteiger partial charge is 0.273 e. The molecule has 1 aromatic rings. The first-order valence-corrected chi connectivity index (χ1v) is 6.93. The van der Waals surface area contributed by atoms with Crippen LogP contribution in [0.4, 0.5) is 13.2 Å². The number of alkyl halides is 3. The van der Waals surface area contributed by atoms with Gasteiger partial charge in [-0.3, -0.25) is 4.79 Å². The average Bonchev–Trinajstić information content (AvgIpc) is 2.43. The van der Waals surface area contributed by atoms with Gasteiger partial charge in [-0.1, -0.05) is 44.4 Å². The van der Waals surface area contributed by atoms with Gasteiger partial charge in [0.1, 0.15) is 0 Å². The predicted octanol–water partition coefficient (Wildman–Crippen LogP) is 4.13. The van der Waals surface area contributed by atoms with Gasteiger partial charge in [-0.2, -0.15) is 18.3 Å². The summed E-state index contributed by atoms with van der Waals surface area (Å²) in [6.45, 7) is 2.07. The lowest BCUT2D eigenvalue weighted by atomic mass is 10.1. The minimum absolute atomic E-state index is 0.0729. The van der Waals surface area contributed by atoms with Gasteiger partial charge in [-0.15, -0.1) is 0 Å². The molecule has 0 atom stereocenters. The molecule has 0 aromatic heterocycles. The number of carbonyl (C=O) groups excluding carboxylic acids is 1. The molecule has 21 heavy (non-hydrogen) atoms. The predicted molar refractivity (Wildman–Crippen MR) is 75.9 cm³/mol. The first-order valence-electron chi connectivity index (χ1n) is 6.93. The first-order chi connectivity index (χ1) is 9.95. The van der Waals surface area contributed by atoms with E-state index >= 15 is 0 Å². The van der Waals surface area contributed by atoms with Gasteiger partial charge in [-0.25, -0.2) is 5.43 Å². The van der Waals surface area contributed by atoms with E-state index in [4.69, 9.17) is 0 Å². The molecule has 0 aliphatic rings. The Labute approximate surface area is 122 Å². The molecule has 3 nitrogen and oxygen atoms in total. The number of carbonyl (C=O) groups is 1. The molecule has 0 saturated carbocycles. The molecule has 1 amide bonds. The molecule has 0 spiro atoms. The van der Waals surface area contributed by atoms with Gasteiger partial charge in [0.15, 0.2) is 0 Å². The molecule has 0 radical (unpaired) electrons. The third-order valence-corrected chi connectivity index (χ3v) is 2.92. The molecule has 0 heterocycles. The molecule has 0 fully saturated rings. The number of nitrogens with zero attached hydrogens (tertiary/aromatic N) is 1. The van der Waals surface area contributed by atoms with E-state index in [1.165, 1.54) is 18.2 Å². The number of benzene rings is 1. The molecular formula is C15H19F3N2O. The topological polar surface area (TPSA) is 41.5 Å². The van der Waals surface area contributed by atoms with E-state index in [0.717, 1.165) is 38.0 Å². The number of unbranched alkanes of at least 4 members (excludes halogenated alkanes) is 3. The monoisotopic (exact) mass is 300 g/mol. The van der Waals surface area contributed by atoms with Crippen molar-refractivity contribution < 1.29 is 18.0 Å². The number of halogens is 3. The number of nitrogens with one attached hydrogen (secondary N) is 1. The van der Waals surface area contributed by atoms with Gasteiger partial charge >= 0.3 is 6.18 Å². The molecule has 0 unspecified atom stereocenters. The highest BCUT2D eigenvalue weighted by atomic mass is 19.4. The highest BCUT2D eigenvalue weighted by Crippen LogP contribution is 2.30. The Hall–Kier alpha value is -1.85. The maximum atomic E-state index is 12.7. The van der Waals surface area contributed by atoms with E-state index < -0.39 is 11.7 Å². The minimum atomic E-state index is -4.44. The number of hydrazone groups is 1. The lowest BCUT2D eigenvalue weighted by molar-refractivity contribution is -0.137. The normalized spacial score (nSPS) is 11.8. The first kappa shape index (κ1) is 17.2. The van der Waals surface area contributed by atoms with Crippen LogP contribution in [0.3, 0.4) is 0 Å². The third-order valence-electron chi connectivity index (χ3n) is 2.92.